The third-order valence-corrected chi connectivity index (χ3v) is 3.02. The van der Waals surface area contributed by atoms with Crippen LogP contribution in [0.5, 0.6) is 5.75 Å². The number of benzene rings is 1. The van der Waals surface area contributed by atoms with Crippen LogP contribution in [-0.4, -0.2) is 59.7 Å². The minimum atomic E-state index is -1.25. The number of nitrogens with zero attached hydrogens (tertiary/aromatic N) is 1. The molecule has 19 heavy (non-hydrogen) atoms. The molecule has 1 saturated heterocycles. The van der Waals surface area contributed by atoms with E-state index in [0.717, 1.165) is 0 Å². The van der Waals surface area contributed by atoms with E-state index in [4.69, 9.17) is 9.84 Å². The van der Waals surface area contributed by atoms with E-state index in [1.54, 1.807) is 0 Å². The molecule has 0 saturated carbocycles. The van der Waals surface area contributed by atoms with E-state index < -0.39 is 5.97 Å². The van der Waals surface area contributed by atoms with Gasteiger partial charge < -0.3 is 14.9 Å². The Morgan fingerprint density at radius 2 is 1.95 bits per heavy atom. The van der Waals surface area contributed by atoms with Crippen LogP contribution in [0.4, 0.5) is 0 Å². The first-order valence-electron chi connectivity index (χ1n) is 5.97. The Hall–Kier alpha value is -1.92. The van der Waals surface area contributed by atoms with E-state index in [2.05, 4.69) is 0 Å². The second kappa shape index (κ2) is 5.81. The molecule has 0 spiro atoms. The van der Waals surface area contributed by atoms with Crippen molar-refractivity contribution in [3.63, 3.8) is 0 Å². The smallest absolute Gasteiger partial charge is 0.339 e. The van der Waals surface area contributed by atoms with Gasteiger partial charge in [0.25, 0.3) is 0 Å². The Labute approximate surface area is 110 Å². The van der Waals surface area contributed by atoms with Gasteiger partial charge in [-0.05, 0) is 18.2 Å². The molecule has 1 heterocycles. The highest BCUT2D eigenvalue weighted by atomic mass is 16.5. The highest BCUT2D eigenvalue weighted by Gasteiger charge is 2.18. The average molecular weight is 265 g/mol. The van der Waals surface area contributed by atoms with Crippen molar-refractivity contribution in [3.05, 3.63) is 29.3 Å². The van der Waals surface area contributed by atoms with Crippen molar-refractivity contribution in [2.75, 3.05) is 32.8 Å². The number of morpholine rings is 1. The molecule has 0 aliphatic carbocycles. The summed E-state index contributed by atoms with van der Waals surface area (Å²) in [6, 6.07) is 3.88. The molecule has 0 aromatic heterocycles. The fourth-order valence-corrected chi connectivity index (χ4v) is 1.93. The molecule has 0 unspecified atom stereocenters. The van der Waals surface area contributed by atoms with Gasteiger partial charge in [-0.3, -0.25) is 9.69 Å². The molecular formula is C13H15NO5. The van der Waals surface area contributed by atoms with Gasteiger partial charge in [0.1, 0.15) is 11.3 Å². The summed E-state index contributed by atoms with van der Waals surface area (Å²) >= 11 is 0. The Balaban J connectivity index is 2.10. The maximum absolute atomic E-state index is 12.0. The van der Waals surface area contributed by atoms with Gasteiger partial charge in [-0.25, -0.2) is 4.79 Å². The molecule has 6 nitrogen and oxygen atoms in total. The van der Waals surface area contributed by atoms with E-state index in [1.165, 1.54) is 18.2 Å². The van der Waals surface area contributed by atoms with Crippen molar-refractivity contribution >= 4 is 11.8 Å². The zero-order chi connectivity index (χ0) is 13.8. The van der Waals surface area contributed by atoms with Gasteiger partial charge in [0.05, 0.1) is 19.8 Å². The van der Waals surface area contributed by atoms with Crippen LogP contribution >= 0.6 is 0 Å². The number of hydrogen-bond donors (Lipinski definition) is 2. The molecule has 102 valence electrons. The quantitative estimate of drug-likeness (QED) is 0.775. The Kier molecular flexibility index (Phi) is 4.13. The second-order valence-corrected chi connectivity index (χ2v) is 4.35. The van der Waals surface area contributed by atoms with Crippen LogP contribution in [0.1, 0.15) is 20.7 Å². The van der Waals surface area contributed by atoms with Crippen LogP contribution < -0.4 is 0 Å². The van der Waals surface area contributed by atoms with Gasteiger partial charge in [-0.15, -0.1) is 0 Å². The molecule has 2 N–H and O–H groups in total. The molecular weight excluding hydrogens is 250 g/mol. The third-order valence-electron chi connectivity index (χ3n) is 3.02. The monoisotopic (exact) mass is 265 g/mol. The van der Waals surface area contributed by atoms with Crippen molar-refractivity contribution in [2.45, 2.75) is 0 Å². The van der Waals surface area contributed by atoms with Crippen LogP contribution in [0.3, 0.4) is 0 Å². The molecule has 1 aliphatic heterocycles. The molecule has 1 aromatic carbocycles. The first-order valence-corrected chi connectivity index (χ1v) is 5.97. The van der Waals surface area contributed by atoms with Crippen LogP contribution in [-0.2, 0) is 4.74 Å². The normalized spacial score (nSPS) is 16.2. The van der Waals surface area contributed by atoms with E-state index in [-0.39, 0.29) is 23.6 Å². The summed E-state index contributed by atoms with van der Waals surface area (Å²) in [6.45, 7) is 2.81. The predicted octanol–water partition coefficient (Wildman–Crippen LogP) is 0.605. The number of rotatable bonds is 4. The van der Waals surface area contributed by atoms with Crippen LogP contribution in [0, 0.1) is 0 Å². The SMILES string of the molecule is O=C(CN1CCOCC1)c1ccc(O)c(C(=O)O)c1. The van der Waals surface area contributed by atoms with E-state index in [1.807, 2.05) is 4.90 Å². The number of carboxylic acids is 1. The lowest BCUT2D eigenvalue weighted by atomic mass is 10.1. The largest absolute Gasteiger partial charge is 0.507 e. The lowest BCUT2D eigenvalue weighted by Crippen LogP contribution is -2.39. The van der Waals surface area contributed by atoms with Crippen LogP contribution in [0.2, 0.25) is 0 Å². The number of ether oxygens (including phenoxy) is 1. The summed E-state index contributed by atoms with van der Waals surface area (Å²) in [7, 11) is 0. The van der Waals surface area contributed by atoms with Crippen molar-refractivity contribution in [3.8, 4) is 5.75 Å². The number of hydrogen-bond acceptors (Lipinski definition) is 5. The number of carboxylic acid groups (broad SMARTS) is 1. The lowest BCUT2D eigenvalue weighted by molar-refractivity contribution is 0.0371. The molecule has 6 heteroatoms. The van der Waals surface area contributed by atoms with Gasteiger partial charge in [-0.1, -0.05) is 0 Å². The minimum absolute atomic E-state index is 0.163. The maximum Gasteiger partial charge on any atom is 0.339 e. The van der Waals surface area contributed by atoms with Gasteiger partial charge >= 0.3 is 5.97 Å². The predicted molar refractivity (Wildman–Crippen MR) is 66.7 cm³/mol. The Morgan fingerprint density at radius 3 is 2.58 bits per heavy atom. The van der Waals surface area contributed by atoms with Gasteiger partial charge in [0.15, 0.2) is 5.78 Å². The Bertz CT molecular complexity index is 494. The van der Waals surface area contributed by atoms with Crippen molar-refractivity contribution < 1.29 is 24.5 Å². The summed E-state index contributed by atoms with van der Waals surface area (Å²) in [4.78, 5) is 24.9. The fourth-order valence-electron chi connectivity index (χ4n) is 1.93. The lowest BCUT2D eigenvalue weighted by Gasteiger charge is -2.25. The summed E-state index contributed by atoms with van der Waals surface area (Å²) < 4.78 is 5.19. The number of carbonyl (C=O) groups is 2. The summed E-state index contributed by atoms with van der Waals surface area (Å²) in [5.74, 6) is -1.75. The van der Waals surface area contributed by atoms with Crippen molar-refractivity contribution in [1.29, 1.82) is 0 Å². The zero-order valence-electron chi connectivity index (χ0n) is 10.3. The number of aromatic hydroxyl groups is 1. The maximum atomic E-state index is 12.0. The molecule has 1 aromatic rings. The van der Waals surface area contributed by atoms with E-state index in [9.17, 15) is 14.7 Å². The molecule has 2 rings (SSSR count). The first-order chi connectivity index (χ1) is 9.08. The highest BCUT2D eigenvalue weighted by molar-refractivity contribution is 6.01. The van der Waals surface area contributed by atoms with Crippen molar-refractivity contribution in [1.82, 2.24) is 4.90 Å². The molecule has 0 radical (unpaired) electrons. The molecule has 0 amide bonds. The van der Waals surface area contributed by atoms with Crippen molar-refractivity contribution in [2.24, 2.45) is 0 Å². The standard InChI is InChI=1S/C13H15NO5/c15-11-2-1-9(7-10(11)13(17)18)12(16)8-14-3-5-19-6-4-14/h1-2,7,15H,3-6,8H2,(H,17,18). The van der Waals surface area contributed by atoms with Gasteiger partial charge in [-0.2, -0.15) is 0 Å². The van der Waals surface area contributed by atoms with Gasteiger partial charge in [0.2, 0.25) is 0 Å². The summed E-state index contributed by atoms with van der Waals surface area (Å²) in [5.41, 5.74) is 0.0366. The topological polar surface area (TPSA) is 87.1 Å². The summed E-state index contributed by atoms with van der Waals surface area (Å²) in [6.07, 6.45) is 0. The van der Waals surface area contributed by atoms with E-state index >= 15 is 0 Å². The zero-order valence-corrected chi connectivity index (χ0v) is 10.3. The second-order valence-electron chi connectivity index (χ2n) is 4.35. The van der Waals surface area contributed by atoms with E-state index in [0.29, 0.717) is 31.9 Å². The summed E-state index contributed by atoms with van der Waals surface area (Å²) in [5, 5.41) is 18.3. The van der Waals surface area contributed by atoms with Gasteiger partial charge in [0, 0.05) is 18.7 Å². The molecule has 1 fully saturated rings. The number of carbonyl (C=O) groups excluding carboxylic acids is 1. The third kappa shape index (κ3) is 3.30. The van der Waals surface area contributed by atoms with Crippen LogP contribution in [0.25, 0.3) is 0 Å². The average Bonchev–Trinajstić information content (AvgIpc) is 2.40. The van der Waals surface area contributed by atoms with Crippen LogP contribution in [0.15, 0.2) is 18.2 Å². The molecule has 0 bridgehead atoms. The number of Topliss-reactive ketones (excluding diaryl/α,β-unsaturated/α-hetero) is 1. The molecule has 1 aliphatic rings. The number of phenols is 1. The molecule has 0 atom stereocenters. The Morgan fingerprint density at radius 1 is 1.26 bits per heavy atom. The number of aromatic carboxylic acids is 1. The first kappa shape index (κ1) is 13.5. The highest BCUT2D eigenvalue weighted by Crippen LogP contribution is 2.19. The fraction of sp³-hybridized carbons (Fsp3) is 0.385. The number of ketones is 1. The minimum Gasteiger partial charge on any atom is -0.507 e.